The Morgan fingerprint density at radius 3 is 2.14 bits per heavy atom. The SMILES string of the molecule is COC(=O)C(OC(=O)C(CC(C)C)NC(=O)c1ccc(Cl)cc1)c1ccccc1. The van der Waals surface area contributed by atoms with Crippen molar-refractivity contribution in [3.05, 3.63) is 70.7 Å². The van der Waals surface area contributed by atoms with E-state index in [0.717, 1.165) is 0 Å². The van der Waals surface area contributed by atoms with Crippen LogP contribution in [0.15, 0.2) is 54.6 Å². The van der Waals surface area contributed by atoms with E-state index in [1.165, 1.54) is 7.11 Å². The molecule has 0 spiro atoms. The first-order chi connectivity index (χ1) is 13.8. The summed E-state index contributed by atoms with van der Waals surface area (Å²) in [5.74, 6) is -1.73. The first kappa shape index (κ1) is 22.4. The molecule has 0 aromatic heterocycles. The lowest BCUT2D eigenvalue weighted by Crippen LogP contribution is -2.43. The van der Waals surface area contributed by atoms with Crippen molar-refractivity contribution in [1.29, 1.82) is 0 Å². The quantitative estimate of drug-likeness (QED) is 0.658. The second-order valence-electron chi connectivity index (χ2n) is 6.91. The summed E-state index contributed by atoms with van der Waals surface area (Å²) in [5, 5.41) is 3.19. The predicted molar refractivity (Wildman–Crippen MR) is 109 cm³/mol. The number of amides is 1. The van der Waals surface area contributed by atoms with Gasteiger partial charge >= 0.3 is 11.9 Å². The Balaban J connectivity index is 2.19. The lowest BCUT2D eigenvalue weighted by Gasteiger charge is -2.23. The van der Waals surface area contributed by atoms with Crippen LogP contribution in [0, 0.1) is 5.92 Å². The third-order valence-corrected chi connectivity index (χ3v) is 4.41. The highest BCUT2D eigenvalue weighted by molar-refractivity contribution is 6.30. The van der Waals surface area contributed by atoms with E-state index in [9.17, 15) is 14.4 Å². The molecule has 0 saturated heterocycles. The molecular formula is C22H24ClNO5. The number of halogens is 1. The molecule has 2 unspecified atom stereocenters. The van der Waals surface area contributed by atoms with Gasteiger partial charge in [0.25, 0.3) is 5.91 Å². The van der Waals surface area contributed by atoms with Crippen LogP contribution in [0.1, 0.15) is 42.3 Å². The van der Waals surface area contributed by atoms with Gasteiger partial charge in [0.2, 0.25) is 6.10 Å². The first-order valence-corrected chi connectivity index (χ1v) is 9.59. The molecule has 2 rings (SSSR count). The second-order valence-corrected chi connectivity index (χ2v) is 7.35. The molecule has 2 atom stereocenters. The molecule has 0 heterocycles. The largest absolute Gasteiger partial charge is 0.466 e. The van der Waals surface area contributed by atoms with Crippen molar-refractivity contribution in [3.8, 4) is 0 Å². The summed E-state index contributed by atoms with van der Waals surface area (Å²) in [6.07, 6.45) is -0.864. The molecule has 0 aliphatic heterocycles. The van der Waals surface area contributed by atoms with Gasteiger partial charge in [0.15, 0.2) is 0 Å². The van der Waals surface area contributed by atoms with Gasteiger partial charge in [0.05, 0.1) is 7.11 Å². The van der Waals surface area contributed by atoms with E-state index < -0.39 is 30.0 Å². The van der Waals surface area contributed by atoms with E-state index in [1.807, 2.05) is 13.8 Å². The van der Waals surface area contributed by atoms with Gasteiger partial charge in [0.1, 0.15) is 6.04 Å². The van der Waals surface area contributed by atoms with Gasteiger partial charge in [-0.2, -0.15) is 0 Å². The molecule has 0 aliphatic carbocycles. The number of carbonyl (C=O) groups excluding carboxylic acids is 3. The molecule has 0 radical (unpaired) electrons. The lowest BCUT2D eigenvalue weighted by atomic mass is 10.0. The molecule has 0 aliphatic rings. The summed E-state index contributed by atoms with van der Waals surface area (Å²) >= 11 is 5.85. The minimum Gasteiger partial charge on any atom is -0.466 e. The van der Waals surface area contributed by atoms with Gasteiger partial charge in [-0.25, -0.2) is 9.59 Å². The Bertz CT molecular complexity index is 836. The number of methoxy groups -OCH3 is 1. The molecule has 154 valence electrons. The van der Waals surface area contributed by atoms with Crippen LogP contribution in [0.5, 0.6) is 0 Å². The van der Waals surface area contributed by atoms with Crippen molar-refractivity contribution >= 4 is 29.4 Å². The van der Waals surface area contributed by atoms with Crippen molar-refractivity contribution < 1.29 is 23.9 Å². The average molecular weight is 418 g/mol. The minimum atomic E-state index is -1.21. The molecule has 1 N–H and O–H groups in total. The van der Waals surface area contributed by atoms with E-state index in [2.05, 4.69) is 5.32 Å². The maximum Gasteiger partial charge on any atom is 0.351 e. The number of esters is 2. The van der Waals surface area contributed by atoms with E-state index in [0.29, 0.717) is 22.6 Å². The number of ether oxygens (including phenoxy) is 2. The van der Waals surface area contributed by atoms with Crippen LogP contribution in [0.4, 0.5) is 0 Å². The molecule has 0 bridgehead atoms. The smallest absolute Gasteiger partial charge is 0.351 e. The number of hydrogen-bond donors (Lipinski definition) is 1. The van der Waals surface area contributed by atoms with Gasteiger partial charge in [-0.05, 0) is 36.6 Å². The molecular weight excluding hydrogens is 394 g/mol. The fraction of sp³-hybridized carbons (Fsp3) is 0.318. The summed E-state index contributed by atoms with van der Waals surface area (Å²) in [5.41, 5.74) is 0.851. The van der Waals surface area contributed by atoms with Crippen molar-refractivity contribution in [2.45, 2.75) is 32.4 Å². The summed E-state index contributed by atoms with van der Waals surface area (Å²) in [6.45, 7) is 3.84. The molecule has 29 heavy (non-hydrogen) atoms. The van der Waals surface area contributed by atoms with E-state index in [-0.39, 0.29) is 5.92 Å². The number of benzene rings is 2. The molecule has 2 aromatic carbocycles. The van der Waals surface area contributed by atoms with Crippen LogP contribution in [0.3, 0.4) is 0 Å². The highest BCUT2D eigenvalue weighted by Gasteiger charge is 2.31. The van der Waals surface area contributed by atoms with Crippen LogP contribution in [0.25, 0.3) is 0 Å². The Labute approximate surface area is 175 Å². The standard InChI is InChI=1S/C22H24ClNO5/c1-14(2)13-18(24-20(25)16-9-11-17(23)12-10-16)21(26)29-19(22(27)28-3)15-7-5-4-6-8-15/h4-12,14,18-19H,13H2,1-3H3,(H,24,25). The Hall–Kier alpha value is -2.86. The average Bonchev–Trinajstić information content (AvgIpc) is 2.71. The Kier molecular flexibility index (Phi) is 8.21. The van der Waals surface area contributed by atoms with Crippen molar-refractivity contribution in [2.24, 2.45) is 5.92 Å². The monoisotopic (exact) mass is 417 g/mol. The third-order valence-electron chi connectivity index (χ3n) is 4.15. The van der Waals surface area contributed by atoms with Gasteiger partial charge < -0.3 is 14.8 Å². The normalized spacial score (nSPS) is 12.7. The molecule has 1 amide bonds. The van der Waals surface area contributed by atoms with E-state index in [1.54, 1.807) is 54.6 Å². The Morgan fingerprint density at radius 2 is 1.59 bits per heavy atom. The molecule has 0 saturated carbocycles. The fourth-order valence-electron chi connectivity index (χ4n) is 2.71. The summed E-state index contributed by atoms with van der Waals surface area (Å²) < 4.78 is 10.2. The number of carbonyl (C=O) groups is 3. The van der Waals surface area contributed by atoms with Crippen LogP contribution >= 0.6 is 11.6 Å². The maximum absolute atomic E-state index is 12.8. The third kappa shape index (κ3) is 6.61. The fourth-order valence-corrected chi connectivity index (χ4v) is 2.84. The molecule has 7 heteroatoms. The van der Waals surface area contributed by atoms with Crippen molar-refractivity contribution in [1.82, 2.24) is 5.32 Å². The second kappa shape index (κ2) is 10.6. The Morgan fingerprint density at radius 1 is 0.966 bits per heavy atom. The topological polar surface area (TPSA) is 81.7 Å². The molecule has 0 fully saturated rings. The summed E-state index contributed by atoms with van der Waals surface area (Å²) in [7, 11) is 1.22. The minimum absolute atomic E-state index is 0.103. The van der Waals surface area contributed by atoms with Gasteiger partial charge in [-0.1, -0.05) is 55.8 Å². The van der Waals surface area contributed by atoms with Crippen LogP contribution in [-0.4, -0.2) is 31.0 Å². The van der Waals surface area contributed by atoms with Crippen LogP contribution in [-0.2, 0) is 19.1 Å². The molecule has 6 nitrogen and oxygen atoms in total. The van der Waals surface area contributed by atoms with Gasteiger partial charge in [-0.3, -0.25) is 4.79 Å². The van der Waals surface area contributed by atoms with Crippen molar-refractivity contribution in [2.75, 3.05) is 7.11 Å². The van der Waals surface area contributed by atoms with E-state index >= 15 is 0 Å². The number of hydrogen-bond acceptors (Lipinski definition) is 5. The van der Waals surface area contributed by atoms with Crippen molar-refractivity contribution in [3.63, 3.8) is 0 Å². The predicted octanol–water partition coefficient (Wildman–Crippen LogP) is 3.94. The summed E-state index contributed by atoms with van der Waals surface area (Å²) in [6, 6.07) is 14.0. The van der Waals surface area contributed by atoms with Gasteiger partial charge in [-0.15, -0.1) is 0 Å². The number of rotatable bonds is 8. The molecule has 2 aromatic rings. The highest BCUT2D eigenvalue weighted by Crippen LogP contribution is 2.21. The zero-order chi connectivity index (χ0) is 21.4. The maximum atomic E-state index is 12.8. The van der Waals surface area contributed by atoms with Gasteiger partial charge in [0, 0.05) is 16.1 Å². The zero-order valence-corrected chi connectivity index (χ0v) is 17.3. The summed E-state index contributed by atoms with van der Waals surface area (Å²) in [4.78, 5) is 37.6. The van der Waals surface area contributed by atoms with E-state index in [4.69, 9.17) is 21.1 Å². The lowest BCUT2D eigenvalue weighted by molar-refractivity contribution is -0.168. The first-order valence-electron chi connectivity index (χ1n) is 9.21. The zero-order valence-electron chi connectivity index (χ0n) is 16.6. The number of nitrogens with one attached hydrogen (secondary N) is 1. The highest BCUT2D eigenvalue weighted by atomic mass is 35.5. The van der Waals surface area contributed by atoms with Crippen LogP contribution < -0.4 is 5.32 Å². The van der Waals surface area contributed by atoms with Crippen LogP contribution in [0.2, 0.25) is 5.02 Å².